The summed E-state index contributed by atoms with van der Waals surface area (Å²) in [4.78, 5) is 29.9. The van der Waals surface area contributed by atoms with Gasteiger partial charge in [-0.3, -0.25) is 14.5 Å². The predicted octanol–water partition coefficient (Wildman–Crippen LogP) is 5.14. The molecule has 38 heavy (non-hydrogen) atoms. The van der Waals surface area contributed by atoms with Crippen molar-refractivity contribution in [3.05, 3.63) is 119 Å². The third-order valence-electron chi connectivity index (χ3n) is 9.25. The van der Waals surface area contributed by atoms with E-state index in [-0.39, 0.29) is 42.2 Å². The highest BCUT2D eigenvalue weighted by molar-refractivity contribution is 6.01. The van der Waals surface area contributed by atoms with Gasteiger partial charge in [0.25, 0.3) is 0 Å². The van der Waals surface area contributed by atoms with Crippen molar-refractivity contribution >= 4 is 11.8 Å². The number of imide groups is 1. The summed E-state index contributed by atoms with van der Waals surface area (Å²) in [5.41, 5.74) is 4.57. The summed E-state index contributed by atoms with van der Waals surface area (Å²) in [6.45, 7) is 6.02. The Morgan fingerprint density at radius 3 is 2.18 bits per heavy atom. The fourth-order valence-electron chi connectivity index (χ4n) is 7.81. The number of ether oxygens (including phenoxy) is 1. The van der Waals surface area contributed by atoms with E-state index in [0.717, 1.165) is 11.1 Å². The Morgan fingerprint density at radius 1 is 1.03 bits per heavy atom. The summed E-state index contributed by atoms with van der Waals surface area (Å²) < 4.78 is 6.08. The molecule has 5 nitrogen and oxygen atoms in total. The second kappa shape index (κ2) is 9.33. The Kier molecular flexibility index (Phi) is 6.09. The van der Waals surface area contributed by atoms with Gasteiger partial charge in [-0.2, -0.15) is 0 Å². The molecule has 3 aliphatic carbocycles. The molecule has 3 aromatic carbocycles. The van der Waals surface area contributed by atoms with Gasteiger partial charge < -0.3 is 9.84 Å². The maximum absolute atomic E-state index is 14.6. The molecule has 5 atom stereocenters. The van der Waals surface area contributed by atoms with E-state index in [0.29, 0.717) is 12.0 Å². The molecule has 0 spiro atoms. The number of carbonyl (C=O) groups excluding carboxylic acids is 2. The zero-order valence-corrected chi connectivity index (χ0v) is 21.8. The molecule has 2 amide bonds. The number of nitrogens with zero attached hydrogens (tertiary/aromatic N) is 1. The molecular formula is C33H33NO4. The minimum absolute atomic E-state index is 0.0240. The lowest BCUT2D eigenvalue weighted by molar-refractivity contribution is -0.147. The second-order valence-electron chi connectivity index (χ2n) is 10.8. The predicted molar refractivity (Wildman–Crippen MR) is 145 cm³/mol. The molecule has 7 rings (SSSR count). The highest BCUT2D eigenvalue weighted by Crippen LogP contribution is 2.66. The van der Waals surface area contributed by atoms with Crippen LogP contribution in [0.5, 0.6) is 0 Å². The van der Waals surface area contributed by atoms with Crippen LogP contribution in [-0.4, -0.2) is 41.1 Å². The summed E-state index contributed by atoms with van der Waals surface area (Å²) in [6.07, 6.45) is 0.859. The fourth-order valence-corrected chi connectivity index (χ4v) is 7.81. The summed E-state index contributed by atoms with van der Waals surface area (Å²) in [5, 5.41) is 10.9. The molecule has 3 aromatic rings. The SMILES string of the molecule is C=CC[C@@H]1[C@@H]2C3c4ccccc4C([C@H](C)OC)(c4ccccc43)[C@@H]2C(=O)N1C(=O)C[C@@H](O)c1ccccc1. The van der Waals surface area contributed by atoms with E-state index in [1.165, 1.54) is 16.0 Å². The van der Waals surface area contributed by atoms with Crippen LogP contribution in [0.1, 0.15) is 59.6 Å². The van der Waals surface area contributed by atoms with Crippen LogP contribution < -0.4 is 0 Å². The fraction of sp³-hybridized carbons (Fsp3) is 0.333. The number of amides is 2. The number of benzene rings is 3. The topological polar surface area (TPSA) is 66.8 Å². The van der Waals surface area contributed by atoms with Crippen molar-refractivity contribution in [1.29, 1.82) is 0 Å². The van der Waals surface area contributed by atoms with Gasteiger partial charge in [0.2, 0.25) is 11.8 Å². The standard InChI is InChI=1S/C33H33NO4/c1-4-12-26-30-29-22-15-8-10-17-24(22)33(20(2)38-3,25-18-11-9-16-23(25)29)31(30)32(37)34(26)28(36)19-27(35)21-13-6-5-7-14-21/h4-11,13-18,20,26-27,29-31,35H,1,12,19H2,2-3H3/t20-,26+,27+,29?,30+,31-,33?/m0/s1. The molecule has 0 unspecified atom stereocenters. The average Bonchev–Trinajstić information content (AvgIpc) is 3.25. The van der Waals surface area contributed by atoms with E-state index < -0.39 is 17.4 Å². The first-order valence-corrected chi connectivity index (χ1v) is 13.4. The molecular weight excluding hydrogens is 474 g/mol. The first kappa shape index (κ1) is 24.8. The Balaban J connectivity index is 1.52. The lowest BCUT2D eigenvalue weighted by Gasteiger charge is -2.57. The highest BCUT2D eigenvalue weighted by atomic mass is 16.5. The maximum Gasteiger partial charge on any atom is 0.234 e. The summed E-state index contributed by atoms with van der Waals surface area (Å²) in [7, 11) is 1.69. The van der Waals surface area contributed by atoms with Crippen LogP contribution in [0.25, 0.3) is 0 Å². The minimum Gasteiger partial charge on any atom is -0.388 e. The van der Waals surface area contributed by atoms with Crippen LogP contribution in [0, 0.1) is 11.8 Å². The number of carbonyl (C=O) groups is 2. The molecule has 2 bridgehead atoms. The molecule has 1 saturated heterocycles. The molecule has 1 aliphatic heterocycles. The number of likely N-dealkylation sites (tertiary alicyclic amines) is 1. The second-order valence-corrected chi connectivity index (χ2v) is 10.8. The molecule has 1 N–H and O–H groups in total. The molecule has 0 saturated carbocycles. The molecule has 1 heterocycles. The minimum atomic E-state index is -0.985. The molecule has 194 valence electrons. The van der Waals surface area contributed by atoms with E-state index in [9.17, 15) is 14.7 Å². The van der Waals surface area contributed by atoms with Crippen molar-refractivity contribution in [2.24, 2.45) is 11.8 Å². The van der Waals surface area contributed by atoms with E-state index >= 15 is 0 Å². The van der Waals surface area contributed by atoms with Crippen molar-refractivity contribution in [2.45, 2.75) is 49.3 Å². The molecule has 1 fully saturated rings. The van der Waals surface area contributed by atoms with E-state index in [4.69, 9.17) is 4.74 Å². The summed E-state index contributed by atoms with van der Waals surface area (Å²) in [5.74, 6) is -1.13. The van der Waals surface area contributed by atoms with Crippen molar-refractivity contribution in [2.75, 3.05) is 7.11 Å². The Bertz CT molecular complexity index is 1350. The van der Waals surface area contributed by atoms with Crippen molar-refractivity contribution in [1.82, 2.24) is 4.90 Å². The average molecular weight is 508 g/mol. The quantitative estimate of drug-likeness (QED) is 0.450. The molecule has 4 aliphatic rings. The third-order valence-corrected chi connectivity index (χ3v) is 9.25. The maximum atomic E-state index is 14.6. The Morgan fingerprint density at radius 2 is 1.61 bits per heavy atom. The smallest absolute Gasteiger partial charge is 0.234 e. The van der Waals surface area contributed by atoms with Gasteiger partial charge in [-0.1, -0.05) is 84.9 Å². The molecule has 0 aromatic heterocycles. The van der Waals surface area contributed by atoms with Gasteiger partial charge in [0, 0.05) is 25.0 Å². The summed E-state index contributed by atoms with van der Waals surface area (Å²) >= 11 is 0. The number of aliphatic hydroxyl groups excluding tert-OH is 1. The largest absolute Gasteiger partial charge is 0.388 e. The third kappa shape index (κ3) is 3.25. The lowest BCUT2D eigenvalue weighted by atomic mass is 9.45. The van der Waals surface area contributed by atoms with E-state index in [1.807, 2.05) is 37.3 Å². The van der Waals surface area contributed by atoms with Gasteiger partial charge in [0.1, 0.15) is 0 Å². The van der Waals surface area contributed by atoms with Gasteiger partial charge in [-0.15, -0.1) is 6.58 Å². The Labute approximate surface area is 223 Å². The Hall–Kier alpha value is -3.54. The zero-order valence-electron chi connectivity index (χ0n) is 21.8. The van der Waals surface area contributed by atoms with Crippen molar-refractivity contribution < 1.29 is 19.4 Å². The van der Waals surface area contributed by atoms with Crippen LogP contribution in [0.4, 0.5) is 0 Å². The van der Waals surface area contributed by atoms with Crippen LogP contribution >= 0.6 is 0 Å². The van der Waals surface area contributed by atoms with Gasteiger partial charge >= 0.3 is 0 Å². The van der Waals surface area contributed by atoms with Gasteiger partial charge in [-0.05, 0) is 41.2 Å². The van der Waals surface area contributed by atoms with Crippen LogP contribution in [0.15, 0.2) is 91.5 Å². The van der Waals surface area contributed by atoms with Crippen LogP contribution in [0.2, 0.25) is 0 Å². The van der Waals surface area contributed by atoms with Gasteiger partial charge in [-0.25, -0.2) is 0 Å². The first-order valence-electron chi connectivity index (χ1n) is 13.4. The van der Waals surface area contributed by atoms with Crippen molar-refractivity contribution in [3.8, 4) is 0 Å². The summed E-state index contributed by atoms with van der Waals surface area (Å²) in [6, 6.07) is 25.6. The normalized spacial score (nSPS) is 28.3. The van der Waals surface area contributed by atoms with Crippen LogP contribution in [-0.2, 0) is 19.7 Å². The van der Waals surface area contributed by atoms with E-state index in [2.05, 4.69) is 43.0 Å². The highest BCUT2D eigenvalue weighted by Gasteiger charge is 2.69. The number of methoxy groups -OCH3 is 1. The number of rotatable bonds is 7. The lowest BCUT2D eigenvalue weighted by Crippen LogP contribution is -2.59. The number of hydrogen-bond donors (Lipinski definition) is 1. The molecule has 0 radical (unpaired) electrons. The molecule has 5 heteroatoms. The number of hydrogen-bond acceptors (Lipinski definition) is 4. The van der Waals surface area contributed by atoms with Gasteiger partial charge in [0.05, 0.1) is 30.0 Å². The first-order chi connectivity index (χ1) is 18.5. The van der Waals surface area contributed by atoms with Crippen molar-refractivity contribution in [3.63, 3.8) is 0 Å². The number of aliphatic hydroxyl groups is 1. The van der Waals surface area contributed by atoms with Gasteiger partial charge in [0.15, 0.2) is 0 Å². The van der Waals surface area contributed by atoms with E-state index in [1.54, 1.807) is 25.3 Å². The monoisotopic (exact) mass is 507 g/mol. The zero-order chi connectivity index (χ0) is 26.6. The van der Waals surface area contributed by atoms with Crippen LogP contribution in [0.3, 0.4) is 0 Å².